The van der Waals surface area contributed by atoms with E-state index in [1.165, 1.54) is 19.3 Å². The van der Waals surface area contributed by atoms with Crippen LogP contribution in [0.5, 0.6) is 0 Å². The van der Waals surface area contributed by atoms with Crippen molar-refractivity contribution in [1.82, 2.24) is 0 Å². The summed E-state index contributed by atoms with van der Waals surface area (Å²) in [5.74, 6) is 0. The Morgan fingerprint density at radius 3 is 2.94 bits per heavy atom. The molecule has 1 atom stereocenters. The predicted molar refractivity (Wildman–Crippen MR) is 66.2 cm³/mol. The van der Waals surface area contributed by atoms with E-state index in [-0.39, 0.29) is 0 Å². The average Bonchev–Trinajstić information content (AvgIpc) is 2.31. The molecule has 3 nitrogen and oxygen atoms in total. The van der Waals surface area contributed by atoms with Gasteiger partial charge >= 0.3 is 0 Å². The fourth-order valence-electron chi connectivity index (χ4n) is 2.36. The van der Waals surface area contributed by atoms with Crippen molar-refractivity contribution in [2.24, 2.45) is 0 Å². The normalized spacial score (nSPS) is 20.5. The van der Waals surface area contributed by atoms with Gasteiger partial charge in [-0.3, -0.25) is 0 Å². The number of piperidine rings is 1. The molecule has 1 saturated heterocycles. The molecular formula is C13H17N3. The first-order valence-electron chi connectivity index (χ1n) is 5.79. The van der Waals surface area contributed by atoms with Crippen LogP contribution < -0.4 is 10.6 Å². The van der Waals surface area contributed by atoms with Crippen LogP contribution in [0.2, 0.25) is 0 Å². The molecule has 0 spiro atoms. The fourth-order valence-corrected chi connectivity index (χ4v) is 2.36. The number of hydrogen-bond donors (Lipinski definition) is 1. The van der Waals surface area contributed by atoms with E-state index in [0.717, 1.165) is 12.2 Å². The Balaban J connectivity index is 2.36. The molecule has 0 aliphatic carbocycles. The average molecular weight is 215 g/mol. The Bertz CT molecular complexity index is 420. The summed E-state index contributed by atoms with van der Waals surface area (Å²) in [6, 6.07) is 8.35. The number of rotatable bonds is 1. The molecule has 1 heterocycles. The van der Waals surface area contributed by atoms with Crippen LogP contribution in [0.3, 0.4) is 0 Å². The van der Waals surface area contributed by atoms with E-state index in [2.05, 4.69) is 17.9 Å². The van der Waals surface area contributed by atoms with Crippen LogP contribution in [0.15, 0.2) is 18.2 Å². The standard InChI is InChI=1S/C13H17N3/c1-10-5-2-3-8-16(10)12-7-4-6-11(9-14)13(12)15/h4,6-7,10H,2-3,5,8,15H2,1H3. The number of benzene rings is 1. The zero-order valence-electron chi connectivity index (χ0n) is 9.61. The summed E-state index contributed by atoms with van der Waals surface area (Å²) in [6.07, 6.45) is 3.70. The summed E-state index contributed by atoms with van der Waals surface area (Å²) in [7, 11) is 0. The fraction of sp³-hybridized carbons (Fsp3) is 0.462. The monoisotopic (exact) mass is 215 g/mol. The summed E-state index contributed by atoms with van der Waals surface area (Å²) < 4.78 is 0. The number of nitrogens with zero attached hydrogens (tertiary/aromatic N) is 2. The maximum absolute atomic E-state index is 8.96. The van der Waals surface area contributed by atoms with E-state index in [4.69, 9.17) is 11.0 Å². The molecule has 2 N–H and O–H groups in total. The van der Waals surface area contributed by atoms with E-state index in [1.807, 2.05) is 12.1 Å². The summed E-state index contributed by atoms with van der Waals surface area (Å²) in [5.41, 5.74) is 8.25. The molecule has 3 heteroatoms. The molecule has 0 saturated carbocycles. The Kier molecular flexibility index (Phi) is 3.00. The maximum atomic E-state index is 8.96. The summed E-state index contributed by atoms with van der Waals surface area (Å²) >= 11 is 0. The van der Waals surface area contributed by atoms with Gasteiger partial charge in [0.25, 0.3) is 0 Å². The van der Waals surface area contributed by atoms with Gasteiger partial charge < -0.3 is 10.6 Å². The van der Waals surface area contributed by atoms with Crippen molar-refractivity contribution in [3.8, 4) is 6.07 Å². The van der Waals surface area contributed by atoms with Gasteiger partial charge in [-0.05, 0) is 38.3 Å². The number of nitrogens with two attached hydrogens (primary N) is 1. The minimum Gasteiger partial charge on any atom is -0.396 e. The first-order valence-corrected chi connectivity index (χ1v) is 5.79. The summed E-state index contributed by atoms with van der Waals surface area (Å²) in [5, 5.41) is 8.96. The summed E-state index contributed by atoms with van der Waals surface area (Å²) in [6.45, 7) is 3.26. The van der Waals surface area contributed by atoms with Gasteiger partial charge in [0.15, 0.2) is 0 Å². The summed E-state index contributed by atoms with van der Waals surface area (Å²) in [4.78, 5) is 2.32. The largest absolute Gasteiger partial charge is 0.396 e. The van der Waals surface area contributed by atoms with Crippen molar-refractivity contribution in [2.45, 2.75) is 32.2 Å². The predicted octanol–water partition coefficient (Wildman–Crippen LogP) is 2.52. The molecule has 16 heavy (non-hydrogen) atoms. The molecular weight excluding hydrogens is 198 g/mol. The van der Waals surface area contributed by atoms with Crippen molar-refractivity contribution >= 4 is 11.4 Å². The van der Waals surface area contributed by atoms with E-state index < -0.39 is 0 Å². The van der Waals surface area contributed by atoms with E-state index in [0.29, 0.717) is 17.3 Å². The Morgan fingerprint density at radius 1 is 1.44 bits per heavy atom. The highest BCUT2D eigenvalue weighted by atomic mass is 15.2. The van der Waals surface area contributed by atoms with Crippen molar-refractivity contribution in [3.63, 3.8) is 0 Å². The number of hydrogen-bond acceptors (Lipinski definition) is 3. The van der Waals surface area contributed by atoms with Crippen LogP contribution >= 0.6 is 0 Å². The SMILES string of the molecule is CC1CCCCN1c1cccc(C#N)c1N. The van der Waals surface area contributed by atoms with Crippen molar-refractivity contribution in [1.29, 1.82) is 5.26 Å². The third-order valence-electron chi connectivity index (χ3n) is 3.32. The van der Waals surface area contributed by atoms with E-state index in [1.54, 1.807) is 6.07 Å². The second-order valence-electron chi connectivity index (χ2n) is 4.39. The second kappa shape index (κ2) is 4.44. The lowest BCUT2D eigenvalue weighted by Gasteiger charge is -2.36. The van der Waals surface area contributed by atoms with Crippen LogP contribution in [-0.4, -0.2) is 12.6 Å². The number of nitriles is 1. The van der Waals surface area contributed by atoms with Crippen LogP contribution in [0.25, 0.3) is 0 Å². The van der Waals surface area contributed by atoms with Gasteiger partial charge in [-0.25, -0.2) is 0 Å². The third-order valence-corrected chi connectivity index (χ3v) is 3.32. The Labute approximate surface area is 96.5 Å². The molecule has 1 aliphatic rings. The van der Waals surface area contributed by atoms with Crippen LogP contribution in [0.1, 0.15) is 31.7 Å². The van der Waals surface area contributed by atoms with Gasteiger partial charge in [-0.2, -0.15) is 5.26 Å². The zero-order valence-corrected chi connectivity index (χ0v) is 9.61. The van der Waals surface area contributed by atoms with E-state index >= 15 is 0 Å². The highest BCUT2D eigenvalue weighted by Gasteiger charge is 2.20. The maximum Gasteiger partial charge on any atom is 0.101 e. The second-order valence-corrected chi connectivity index (χ2v) is 4.39. The Morgan fingerprint density at radius 2 is 2.25 bits per heavy atom. The molecule has 1 aromatic rings. The van der Waals surface area contributed by atoms with Gasteiger partial charge in [-0.15, -0.1) is 0 Å². The third kappa shape index (κ3) is 1.83. The highest BCUT2D eigenvalue weighted by Crippen LogP contribution is 2.31. The van der Waals surface area contributed by atoms with E-state index in [9.17, 15) is 0 Å². The molecule has 2 rings (SSSR count). The molecule has 0 bridgehead atoms. The van der Waals surface area contributed by atoms with Crippen molar-refractivity contribution in [3.05, 3.63) is 23.8 Å². The number of nitrogen functional groups attached to an aromatic ring is 1. The molecule has 1 aliphatic heterocycles. The molecule has 0 amide bonds. The Hall–Kier alpha value is -1.69. The lowest BCUT2D eigenvalue weighted by molar-refractivity contribution is 0.485. The van der Waals surface area contributed by atoms with Crippen LogP contribution in [0.4, 0.5) is 11.4 Å². The topological polar surface area (TPSA) is 53.0 Å². The molecule has 0 aromatic heterocycles. The molecule has 1 fully saturated rings. The molecule has 0 radical (unpaired) electrons. The van der Waals surface area contributed by atoms with Gasteiger partial charge in [0.05, 0.1) is 16.9 Å². The first-order chi connectivity index (χ1) is 7.74. The minimum atomic E-state index is 0.519. The lowest BCUT2D eigenvalue weighted by Crippen LogP contribution is -2.37. The minimum absolute atomic E-state index is 0.519. The number of anilines is 2. The number of para-hydroxylation sites is 1. The zero-order chi connectivity index (χ0) is 11.5. The quantitative estimate of drug-likeness (QED) is 0.732. The van der Waals surface area contributed by atoms with Crippen LogP contribution in [-0.2, 0) is 0 Å². The van der Waals surface area contributed by atoms with Gasteiger partial charge in [0, 0.05) is 12.6 Å². The molecule has 1 unspecified atom stereocenters. The van der Waals surface area contributed by atoms with Gasteiger partial charge in [0.1, 0.15) is 6.07 Å². The highest BCUT2D eigenvalue weighted by molar-refractivity contribution is 5.74. The van der Waals surface area contributed by atoms with Crippen LogP contribution in [0, 0.1) is 11.3 Å². The lowest BCUT2D eigenvalue weighted by atomic mass is 10.0. The van der Waals surface area contributed by atoms with Crippen molar-refractivity contribution < 1.29 is 0 Å². The first kappa shape index (κ1) is 10.8. The molecule has 84 valence electrons. The molecule has 1 aromatic carbocycles. The van der Waals surface area contributed by atoms with Gasteiger partial charge in [0.2, 0.25) is 0 Å². The smallest absolute Gasteiger partial charge is 0.101 e. The van der Waals surface area contributed by atoms with Gasteiger partial charge in [-0.1, -0.05) is 6.07 Å². The van der Waals surface area contributed by atoms with Crippen molar-refractivity contribution in [2.75, 3.05) is 17.2 Å².